The highest BCUT2D eigenvalue weighted by molar-refractivity contribution is 7.13. The summed E-state index contributed by atoms with van der Waals surface area (Å²) < 4.78 is 0. The van der Waals surface area contributed by atoms with Crippen LogP contribution in [-0.2, 0) is 0 Å². The summed E-state index contributed by atoms with van der Waals surface area (Å²) in [6, 6.07) is 3.37. The monoisotopic (exact) mass is 316 g/mol. The highest BCUT2D eigenvalue weighted by atomic mass is 32.1. The van der Waals surface area contributed by atoms with E-state index in [1.165, 1.54) is 12.8 Å². The molecule has 1 saturated carbocycles. The van der Waals surface area contributed by atoms with Crippen LogP contribution in [0.1, 0.15) is 31.4 Å². The molecule has 3 heterocycles. The first-order chi connectivity index (χ1) is 10.8. The predicted molar refractivity (Wildman–Crippen MR) is 87.4 cm³/mol. The Morgan fingerprint density at radius 1 is 1.14 bits per heavy atom. The zero-order chi connectivity index (χ0) is 14.9. The smallest absolute Gasteiger partial charge is 0.208 e. The molecule has 0 bridgehead atoms. The number of piperidine rings is 1. The lowest BCUT2D eigenvalue weighted by Crippen LogP contribution is -2.46. The third-order valence-corrected chi connectivity index (χ3v) is 5.22. The van der Waals surface area contributed by atoms with Crippen molar-refractivity contribution in [1.82, 2.24) is 20.2 Å². The first kappa shape index (κ1) is 13.9. The summed E-state index contributed by atoms with van der Waals surface area (Å²) in [5.74, 6) is 1.10. The van der Waals surface area contributed by atoms with Crippen LogP contribution in [0.15, 0.2) is 17.9 Å². The number of nitrogens with zero attached hydrogens (tertiary/aromatic N) is 6. The maximum Gasteiger partial charge on any atom is 0.208 e. The maximum absolute atomic E-state index is 4.53. The molecule has 2 aliphatic rings. The van der Waals surface area contributed by atoms with Gasteiger partial charge in [-0.2, -0.15) is 0 Å². The van der Waals surface area contributed by atoms with Gasteiger partial charge in [0, 0.05) is 36.9 Å². The van der Waals surface area contributed by atoms with E-state index in [-0.39, 0.29) is 0 Å². The molecule has 2 aromatic rings. The Labute approximate surface area is 134 Å². The standard InChI is InChI=1S/C15H20N6S/c1-11-8-14(17-9-16-11)21(12-2-3-12)13-4-6-20(7-5-13)15-19-18-10-22-15/h8-10,12-13H,2-7H2,1H3. The zero-order valence-corrected chi connectivity index (χ0v) is 13.5. The second-order valence-corrected chi connectivity index (χ2v) is 6.91. The minimum Gasteiger partial charge on any atom is -0.350 e. The van der Waals surface area contributed by atoms with Gasteiger partial charge in [0.25, 0.3) is 0 Å². The lowest BCUT2D eigenvalue weighted by molar-refractivity contribution is 0.458. The molecule has 116 valence electrons. The topological polar surface area (TPSA) is 58.0 Å². The van der Waals surface area contributed by atoms with E-state index in [1.54, 1.807) is 17.7 Å². The van der Waals surface area contributed by atoms with Crippen molar-refractivity contribution >= 4 is 22.3 Å². The number of hydrogen-bond acceptors (Lipinski definition) is 7. The number of hydrogen-bond donors (Lipinski definition) is 0. The molecular weight excluding hydrogens is 296 g/mol. The van der Waals surface area contributed by atoms with E-state index in [2.05, 4.69) is 36.0 Å². The average molecular weight is 316 g/mol. The summed E-state index contributed by atoms with van der Waals surface area (Å²) >= 11 is 1.63. The molecule has 0 spiro atoms. The summed E-state index contributed by atoms with van der Waals surface area (Å²) in [7, 11) is 0. The summed E-state index contributed by atoms with van der Waals surface area (Å²) in [5, 5.41) is 9.18. The van der Waals surface area contributed by atoms with Gasteiger partial charge in [-0.25, -0.2) is 9.97 Å². The molecule has 1 aliphatic carbocycles. The van der Waals surface area contributed by atoms with Gasteiger partial charge >= 0.3 is 0 Å². The molecule has 0 N–H and O–H groups in total. The van der Waals surface area contributed by atoms with E-state index in [0.717, 1.165) is 42.6 Å². The summed E-state index contributed by atoms with van der Waals surface area (Å²) in [4.78, 5) is 13.7. The number of rotatable bonds is 4. The Bertz CT molecular complexity index is 619. The van der Waals surface area contributed by atoms with Crippen LogP contribution < -0.4 is 9.80 Å². The molecule has 4 rings (SSSR count). The summed E-state index contributed by atoms with van der Waals surface area (Å²) in [5.41, 5.74) is 2.85. The number of aryl methyl sites for hydroxylation is 1. The Kier molecular flexibility index (Phi) is 3.65. The van der Waals surface area contributed by atoms with Crippen LogP contribution in [0.25, 0.3) is 0 Å². The molecule has 7 heteroatoms. The van der Waals surface area contributed by atoms with Crippen LogP contribution >= 0.6 is 11.3 Å². The van der Waals surface area contributed by atoms with Crippen molar-refractivity contribution in [3.05, 3.63) is 23.6 Å². The predicted octanol–water partition coefficient (Wildman–Crippen LogP) is 2.27. The van der Waals surface area contributed by atoms with Gasteiger partial charge in [0.15, 0.2) is 0 Å². The van der Waals surface area contributed by atoms with Crippen molar-refractivity contribution in [2.45, 2.75) is 44.7 Å². The molecule has 0 aromatic carbocycles. The van der Waals surface area contributed by atoms with E-state index >= 15 is 0 Å². The van der Waals surface area contributed by atoms with Crippen LogP contribution in [0, 0.1) is 6.92 Å². The first-order valence-electron chi connectivity index (χ1n) is 7.89. The summed E-state index contributed by atoms with van der Waals surface area (Å²) in [6.07, 6.45) is 6.58. The lowest BCUT2D eigenvalue weighted by atomic mass is 10.0. The molecule has 6 nitrogen and oxygen atoms in total. The van der Waals surface area contributed by atoms with E-state index in [9.17, 15) is 0 Å². The van der Waals surface area contributed by atoms with Gasteiger partial charge in [-0.05, 0) is 32.6 Å². The second kappa shape index (κ2) is 5.79. The molecule has 22 heavy (non-hydrogen) atoms. The fourth-order valence-electron chi connectivity index (χ4n) is 3.25. The SMILES string of the molecule is Cc1cc(N(C2CC2)C2CCN(c3nncs3)CC2)ncn1. The fourth-order valence-corrected chi connectivity index (χ4v) is 3.86. The van der Waals surface area contributed by atoms with Gasteiger partial charge < -0.3 is 9.80 Å². The first-order valence-corrected chi connectivity index (χ1v) is 8.77. The van der Waals surface area contributed by atoms with Gasteiger partial charge in [-0.15, -0.1) is 10.2 Å². The Balaban J connectivity index is 1.48. The van der Waals surface area contributed by atoms with Crippen molar-refractivity contribution in [1.29, 1.82) is 0 Å². The van der Waals surface area contributed by atoms with Crippen LogP contribution in [-0.4, -0.2) is 45.3 Å². The van der Waals surface area contributed by atoms with Gasteiger partial charge in [0.2, 0.25) is 5.13 Å². The zero-order valence-electron chi connectivity index (χ0n) is 12.7. The third kappa shape index (κ3) is 2.77. The molecule has 1 saturated heterocycles. The minimum absolute atomic E-state index is 0.575. The van der Waals surface area contributed by atoms with E-state index < -0.39 is 0 Å². The van der Waals surface area contributed by atoms with Gasteiger partial charge in [-0.3, -0.25) is 0 Å². The molecule has 2 aromatic heterocycles. The molecule has 0 unspecified atom stereocenters. The van der Waals surface area contributed by atoms with Crippen molar-refractivity contribution in [3.63, 3.8) is 0 Å². The quantitative estimate of drug-likeness (QED) is 0.862. The second-order valence-electron chi connectivity index (χ2n) is 6.10. The van der Waals surface area contributed by atoms with Crippen LogP contribution in [0.3, 0.4) is 0 Å². The van der Waals surface area contributed by atoms with Crippen LogP contribution in [0.5, 0.6) is 0 Å². The fraction of sp³-hybridized carbons (Fsp3) is 0.600. The average Bonchev–Trinajstić information content (AvgIpc) is 3.21. The van der Waals surface area contributed by atoms with Crippen molar-refractivity contribution in [3.8, 4) is 0 Å². The molecular formula is C15H20N6S. The van der Waals surface area contributed by atoms with Crippen molar-refractivity contribution < 1.29 is 0 Å². The molecule has 2 fully saturated rings. The Morgan fingerprint density at radius 3 is 2.55 bits per heavy atom. The van der Waals surface area contributed by atoms with Crippen LogP contribution in [0.2, 0.25) is 0 Å². The van der Waals surface area contributed by atoms with Gasteiger partial charge in [-0.1, -0.05) is 11.3 Å². The number of anilines is 2. The lowest BCUT2D eigenvalue weighted by Gasteiger charge is -2.39. The molecule has 0 amide bonds. The van der Waals surface area contributed by atoms with Gasteiger partial charge in [0.05, 0.1) is 0 Å². The Morgan fingerprint density at radius 2 is 1.91 bits per heavy atom. The van der Waals surface area contributed by atoms with Crippen molar-refractivity contribution in [2.75, 3.05) is 22.9 Å². The maximum atomic E-state index is 4.53. The highest BCUT2D eigenvalue weighted by Gasteiger charge is 2.36. The normalized spacial score (nSPS) is 19.4. The highest BCUT2D eigenvalue weighted by Crippen LogP contribution is 2.35. The molecule has 0 atom stereocenters. The summed E-state index contributed by atoms with van der Waals surface area (Å²) in [6.45, 7) is 4.13. The number of aromatic nitrogens is 4. The van der Waals surface area contributed by atoms with Crippen LogP contribution in [0.4, 0.5) is 10.9 Å². The van der Waals surface area contributed by atoms with Gasteiger partial charge in [0.1, 0.15) is 17.7 Å². The molecule has 0 radical (unpaired) electrons. The third-order valence-electron chi connectivity index (χ3n) is 4.47. The van der Waals surface area contributed by atoms with E-state index in [0.29, 0.717) is 12.1 Å². The van der Waals surface area contributed by atoms with E-state index in [4.69, 9.17) is 0 Å². The molecule has 1 aliphatic heterocycles. The largest absolute Gasteiger partial charge is 0.350 e. The van der Waals surface area contributed by atoms with E-state index in [1.807, 2.05) is 12.4 Å². The Hall–Kier alpha value is -1.76. The minimum atomic E-state index is 0.575. The van der Waals surface area contributed by atoms with Crippen molar-refractivity contribution in [2.24, 2.45) is 0 Å².